The van der Waals surface area contributed by atoms with Gasteiger partial charge in [0.25, 0.3) is 0 Å². The van der Waals surface area contributed by atoms with Crippen LogP contribution in [0.15, 0.2) is 22.7 Å². The molecule has 6 heteroatoms. The number of nitrogens with one attached hydrogen (secondary N) is 1. The second kappa shape index (κ2) is 5.71. The first kappa shape index (κ1) is 14.7. The molecule has 1 aliphatic rings. The number of halogens is 4. The summed E-state index contributed by atoms with van der Waals surface area (Å²) in [6.45, 7) is -0.325. The summed E-state index contributed by atoms with van der Waals surface area (Å²) in [5.41, 5.74) is 1.56. The third kappa shape index (κ3) is 4.11. The van der Waals surface area contributed by atoms with Gasteiger partial charge < -0.3 is 10.2 Å². The fourth-order valence-corrected chi connectivity index (χ4v) is 2.48. The molecule has 0 aromatic heterocycles. The van der Waals surface area contributed by atoms with Crippen LogP contribution in [0.2, 0.25) is 0 Å². The van der Waals surface area contributed by atoms with Crippen molar-refractivity contribution >= 4 is 21.6 Å². The Morgan fingerprint density at radius 2 is 2.05 bits per heavy atom. The van der Waals surface area contributed by atoms with Gasteiger partial charge in [-0.15, -0.1) is 0 Å². The van der Waals surface area contributed by atoms with E-state index >= 15 is 0 Å². The monoisotopic (exact) mass is 336 g/mol. The van der Waals surface area contributed by atoms with Gasteiger partial charge in [-0.3, -0.25) is 0 Å². The third-order valence-corrected chi connectivity index (χ3v) is 3.55. The third-order valence-electron chi connectivity index (χ3n) is 3.06. The molecular formula is C13H16BrF3N2. The first-order chi connectivity index (χ1) is 8.90. The second-order valence-corrected chi connectivity index (χ2v) is 5.69. The number of anilines is 1. The standard InChI is InChI=1S/C13H16BrF3N2/c1-18-7-9-2-3-10(14)6-12(9)19(11-4-5-11)8-13(15,16)17/h2-3,6,11,18H,4-5,7-8H2,1H3. The van der Waals surface area contributed by atoms with E-state index in [0.29, 0.717) is 12.2 Å². The molecule has 0 saturated heterocycles. The van der Waals surface area contributed by atoms with E-state index in [1.165, 1.54) is 4.90 Å². The van der Waals surface area contributed by atoms with Gasteiger partial charge >= 0.3 is 6.18 Å². The molecule has 0 heterocycles. The van der Waals surface area contributed by atoms with Crippen LogP contribution in [0.3, 0.4) is 0 Å². The van der Waals surface area contributed by atoms with Gasteiger partial charge in [-0.2, -0.15) is 13.2 Å². The molecule has 0 unspecified atom stereocenters. The van der Waals surface area contributed by atoms with E-state index in [1.807, 2.05) is 12.1 Å². The van der Waals surface area contributed by atoms with E-state index in [1.54, 1.807) is 13.1 Å². The van der Waals surface area contributed by atoms with Crippen molar-refractivity contribution in [3.8, 4) is 0 Å². The number of rotatable bonds is 5. The van der Waals surface area contributed by atoms with Crippen molar-refractivity contribution in [3.63, 3.8) is 0 Å². The molecule has 1 fully saturated rings. The molecule has 0 amide bonds. The maximum atomic E-state index is 12.7. The molecule has 0 radical (unpaired) electrons. The first-order valence-electron chi connectivity index (χ1n) is 6.17. The van der Waals surface area contributed by atoms with Gasteiger partial charge in [0, 0.05) is 22.7 Å². The molecule has 1 aliphatic carbocycles. The minimum Gasteiger partial charge on any atom is -0.359 e. The number of hydrogen-bond acceptors (Lipinski definition) is 2. The van der Waals surface area contributed by atoms with Gasteiger partial charge in [0.2, 0.25) is 0 Å². The van der Waals surface area contributed by atoms with Crippen LogP contribution in [0.4, 0.5) is 18.9 Å². The van der Waals surface area contributed by atoms with Gasteiger partial charge in [-0.25, -0.2) is 0 Å². The van der Waals surface area contributed by atoms with Crippen molar-refractivity contribution < 1.29 is 13.2 Å². The predicted octanol–water partition coefficient (Wildman–Crippen LogP) is 3.70. The molecule has 1 aromatic rings. The van der Waals surface area contributed by atoms with Crippen molar-refractivity contribution in [3.05, 3.63) is 28.2 Å². The van der Waals surface area contributed by atoms with Crippen molar-refractivity contribution in [2.24, 2.45) is 0 Å². The van der Waals surface area contributed by atoms with Crippen LogP contribution in [0.25, 0.3) is 0 Å². The Morgan fingerprint density at radius 3 is 2.58 bits per heavy atom. The van der Waals surface area contributed by atoms with Gasteiger partial charge in [0.05, 0.1) is 0 Å². The molecule has 1 N–H and O–H groups in total. The van der Waals surface area contributed by atoms with Gasteiger partial charge in [0.1, 0.15) is 6.54 Å². The summed E-state index contributed by atoms with van der Waals surface area (Å²) in [4.78, 5) is 1.48. The molecule has 2 rings (SSSR count). The summed E-state index contributed by atoms with van der Waals surface area (Å²) in [7, 11) is 1.79. The van der Waals surface area contributed by atoms with Crippen LogP contribution in [0.5, 0.6) is 0 Å². The lowest BCUT2D eigenvalue weighted by molar-refractivity contribution is -0.120. The van der Waals surface area contributed by atoms with E-state index < -0.39 is 12.7 Å². The number of nitrogens with zero attached hydrogens (tertiary/aromatic N) is 1. The molecule has 1 saturated carbocycles. The lowest BCUT2D eigenvalue weighted by Crippen LogP contribution is -2.36. The first-order valence-corrected chi connectivity index (χ1v) is 6.96. The van der Waals surface area contributed by atoms with Crippen LogP contribution < -0.4 is 10.2 Å². The topological polar surface area (TPSA) is 15.3 Å². The SMILES string of the molecule is CNCc1ccc(Br)cc1N(CC(F)(F)F)C1CC1. The Morgan fingerprint density at radius 1 is 1.37 bits per heavy atom. The molecule has 0 spiro atoms. The van der Waals surface area contributed by atoms with E-state index in [0.717, 1.165) is 22.9 Å². The minimum absolute atomic E-state index is 0.0199. The smallest absolute Gasteiger partial charge is 0.359 e. The van der Waals surface area contributed by atoms with E-state index in [2.05, 4.69) is 21.2 Å². The van der Waals surface area contributed by atoms with Gasteiger partial charge in [0.15, 0.2) is 0 Å². The van der Waals surface area contributed by atoms with Crippen molar-refractivity contribution in [2.75, 3.05) is 18.5 Å². The molecule has 2 nitrogen and oxygen atoms in total. The molecule has 106 valence electrons. The molecule has 0 atom stereocenters. The summed E-state index contributed by atoms with van der Waals surface area (Å²) in [5, 5.41) is 3.00. The zero-order chi connectivity index (χ0) is 14.0. The highest BCUT2D eigenvalue weighted by Crippen LogP contribution is 2.37. The highest BCUT2D eigenvalue weighted by Gasteiger charge is 2.38. The van der Waals surface area contributed by atoms with E-state index in [4.69, 9.17) is 0 Å². The largest absolute Gasteiger partial charge is 0.405 e. The Bertz CT molecular complexity index is 444. The van der Waals surface area contributed by atoms with Crippen LogP contribution in [0.1, 0.15) is 18.4 Å². The summed E-state index contributed by atoms with van der Waals surface area (Å²) in [6.07, 6.45) is -2.51. The van der Waals surface area contributed by atoms with Crippen molar-refractivity contribution in [2.45, 2.75) is 31.6 Å². The fourth-order valence-electron chi connectivity index (χ4n) is 2.13. The summed E-state index contributed by atoms with van der Waals surface area (Å²) in [5.74, 6) is 0. The van der Waals surface area contributed by atoms with Crippen molar-refractivity contribution in [1.82, 2.24) is 5.32 Å². The number of hydrogen-bond donors (Lipinski definition) is 1. The maximum Gasteiger partial charge on any atom is 0.405 e. The van der Waals surface area contributed by atoms with Crippen molar-refractivity contribution in [1.29, 1.82) is 0 Å². The number of alkyl halides is 3. The molecule has 0 aliphatic heterocycles. The quantitative estimate of drug-likeness (QED) is 0.881. The lowest BCUT2D eigenvalue weighted by Gasteiger charge is -2.28. The Labute approximate surface area is 119 Å². The van der Waals surface area contributed by atoms with Crippen LogP contribution in [0, 0.1) is 0 Å². The molecule has 1 aromatic carbocycles. The van der Waals surface area contributed by atoms with Crippen LogP contribution in [-0.4, -0.2) is 25.8 Å². The lowest BCUT2D eigenvalue weighted by atomic mass is 10.1. The van der Waals surface area contributed by atoms with E-state index in [-0.39, 0.29) is 6.04 Å². The molecular weight excluding hydrogens is 321 g/mol. The Balaban J connectivity index is 2.32. The fraction of sp³-hybridized carbons (Fsp3) is 0.538. The summed E-state index contributed by atoms with van der Waals surface area (Å²) in [6, 6.07) is 5.51. The van der Waals surface area contributed by atoms with Crippen LogP contribution in [-0.2, 0) is 6.54 Å². The Hall–Kier alpha value is -0.750. The normalized spacial score (nSPS) is 15.6. The van der Waals surface area contributed by atoms with Gasteiger partial charge in [-0.05, 0) is 37.6 Å². The van der Waals surface area contributed by atoms with Crippen LogP contribution >= 0.6 is 15.9 Å². The number of benzene rings is 1. The summed E-state index contributed by atoms with van der Waals surface area (Å²) < 4.78 is 39.0. The highest BCUT2D eigenvalue weighted by molar-refractivity contribution is 9.10. The zero-order valence-corrected chi connectivity index (χ0v) is 12.2. The molecule has 19 heavy (non-hydrogen) atoms. The average molecular weight is 337 g/mol. The second-order valence-electron chi connectivity index (χ2n) is 4.78. The van der Waals surface area contributed by atoms with Gasteiger partial charge in [-0.1, -0.05) is 22.0 Å². The van der Waals surface area contributed by atoms with E-state index in [9.17, 15) is 13.2 Å². The predicted molar refractivity (Wildman–Crippen MR) is 73.3 cm³/mol. The molecule has 0 bridgehead atoms. The Kier molecular flexibility index (Phi) is 4.40. The highest BCUT2D eigenvalue weighted by atomic mass is 79.9. The zero-order valence-electron chi connectivity index (χ0n) is 10.6. The summed E-state index contributed by atoms with van der Waals surface area (Å²) >= 11 is 3.34. The maximum absolute atomic E-state index is 12.7. The minimum atomic E-state index is -4.18. The average Bonchev–Trinajstić information content (AvgIpc) is 3.11.